The average molecular weight is 334 g/mol. The molecule has 2 aromatic rings. The highest BCUT2D eigenvalue weighted by atomic mass is 32.2. The highest BCUT2D eigenvalue weighted by Crippen LogP contribution is 2.25. The van der Waals surface area contributed by atoms with Gasteiger partial charge in [0.15, 0.2) is 0 Å². The normalized spacial score (nSPS) is 12.0. The number of hydrogen-bond donors (Lipinski definition) is 1. The smallest absolute Gasteiger partial charge is 0.339 e. The summed E-state index contributed by atoms with van der Waals surface area (Å²) >= 11 is 0. The lowest BCUT2D eigenvalue weighted by Crippen LogP contribution is -2.13. The Kier molecular flexibility index (Phi) is 4.47. The number of benzene rings is 2. The van der Waals surface area contributed by atoms with Gasteiger partial charge in [0.25, 0.3) is 0 Å². The first-order valence-electron chi connectivity index (χ1n) is 6.98. The second kappa shape index (κ2) is 6.04. The van der Waals surface area contributed by atoms with Crippen molar-refractivity contribution < 1.29 is 22.5 Å². The van der Waals surface area contributed by atoms with Crippen molar-refractivity contribution in [1.82, 2.24) is 0 Å². The minimum atomic E-state index is -4.01. The summed E-state index contributed by atoms with van der Waals surface area (Å²) in [5.74, 6) is -1.19. The number of carboxylic acid groups (broad SMARTS) is 1. The van der Waals surface area contributed by atoms with Crippen molar-refractivity contribution in [2.24, 2.45) is 0 Å². The van der Waals surface area contributed by atoms with Crippen molar-refractivity contribution in [2.75, 3.05) is 0 Å². The van der Waals surface area contributed by atoms with Crippen LogP contribution in [0.5, 0.6) is 5.75 Å². The summed E-state index contributed by atoms with van der Waals surface area (Å²) in [6.45, 7) is 6.10. The van der Waals surface area contributed by atoms with Gasteiger partial charge in [-0.3, -0.25) is 0 Å². The van der Waals surface area contributed by atoms with E-state index in [0.717, 1.165) is 5.56 Å². The Morgan fingerprint density at radius 2 is 1.65 bits per heavy atom. The van der Waals surface area contributed by atoms with Crippen LogP contribution in [0.4, 0.5) is 0 Å². The first-order valence-corrected chi connectivity index (χ1v) is 8.39. The Bertz CT molecular complexity index is 815. The summed E-state index contributed by atoms with van der Waals surface area (Å²) in [4.78, 5) is 10.9. The lowest BCUT2D eigenvalue weighted by atomic mass is 9.87. The van der Waals surface area contributed by atoms with Crippen molar-refractivity contribution in [3.05, 3.63) is 59.7 Å². The fraction of sp³-hybridized carbons (Fsp3) is 0.235. The predicted octanol–water partition coefficient (Wildman–Crippen LogP) is 3.45. The van der Waals surface area contributed by atoms with Gasteiger partial charge in [-0.05, 0) is 41.3 Å². The Labute approximate surface area is 135 Å². The average Bonchev–Trinajstić information content (AvgIpc) is 2.46. The van der Waals surface area contributed by atoms with Gasteiger partial charge in [-0.15, -0.1) is 0 Å². The van der Waals surface area contributed by atoms with E-state index in [0.29, 0.717) is 0 Å². The number of carboxylic acids is 1. The molecule has 1 N–H and O–H groups in total. The fourth-order valence-electron chi connectivity index (χ4n) is 1.98. The Morgan fingerprint density at radius 3 is 2.17 bits per heavy atom. The molecule has 0 saturated carbocycles. The molecule has 0 heterocycles. The van der Waals surface area contributed by atoms with Gasteiger partial charge >= 0.3 is 16.1 Å². The Morgan fingerprint density at radius 1 is 1.04 bits per heavy atom. The van der Waals surface area contributed by atoms with Crippen LogP contribution in [0, 0.1) is 0 Å². The van der Waals surface area contributed by atoms with E-state index in [1.807, 2.05) is 20.8 Å². The molecule has 0 aliphatic heterocycles. The summed E-state index contributed by atoms with van der Waals surface area (Å²) < 4.78 is 29.6. The highest BCUT2D eigenvalue weighted by Gasteiger charge is 2.19. The molecule has 0 unspecified atom stereocenters. The molecule has 122 valence electrons. The second-order valence-corrected chi connectivity index (χ2v) is 7.69. The quantitative estimate of drug-likeness (QED) is 0.866. The monoisotopic (exact) mass is 334 g/mol. The first-order chi connectivity index (χ1) is 10.6. The molecule has 0 aliphatic carbocycles. The Balaban J connectivity index is 2.29. The highest BCUT2D eigenvalue weighted by molar-refractivity contribution is 7.87. The summed E-state index contributed by atoms with van der Waals surface area (Å²) in [7, 11) is -4.01. The van der Waals surface area contributed by atoms with Gasteiger partial charge in [0.1, 0.15) is 10.6 Å². The van der Waals surface area contributed by atoms with E-state index >= 15 is 0 Å². The molecule has 0 aromatic heterocycles. The molecule has 0 fully saturated rings. The van der Waals surface area contributed by atoms with E-state index in [4.69, 9.17) is 9.29 Å². The summed E-state index contributed by atoms with van der Waals surface area (Å²) in [6, 6.07) is 11.8. The van der Waals surface area contributed by atoms with Gasteiger partial charge in [-0.1, -0.05) is 39.0 Å². The van der Waals surface area contributed by atoms with Crippen LogP contribution in [0.3, 0.4) is 0 Å². The van der Waals surface area contributed by atoms with Crippen LogP contribution in [-0.4, -0.2) is 19.5 Å². The first kappa shape index (κ1) is 17.0. The molecule has 2 rings (SSSR count). The molecule has 6 heteroatoms. The number of rotatable bonds is 4. The van der Waals surface area contributed by atoms with Crippen LogP contribution >= 0.6 is 0 Å². The van der Waals surface area contributed by atoms with E-state index < -0.39 is 16.1 Å². The molecule has 5 nitrogen and oxygen atoms in total. The lowest BCUT2D eigenvalue weighted by molar-refractivity contribution is 0.0696. The minimum absolute atomic E-state index is 0.0197. The van der Waals surface area contributed by atoms with Crippen LogP contribution in [0.1, 0.15) is 36.7 Å². The molecule has 0 aliphatic rings. The SMILES string of the molecule is CC(C)(C)c1ccc(S(=O)(=O)Oc2cccc(C(=O)O)c2)cc1. The summed E-state index contributed by atoms with van der Waals surface area (Å²) in [5.41, 5.74) is 0.879. The molecule has 0 atom stereocenters. The third-order valence-electron chi connectivity index (χ3n) is 3.30. The zero-order valence-electron chi connectivity index (χ0n) is 13.1. The molecule has 0 bridgehead atoms. The van der Waals surface area contributed by atoms with Crippen LogP contribution in [0.25, 0.3) is 0 Å². The third kappa shape index (κ3) is 4.10. The predicted molar refractivity (Wildman–Crippen MR) is 86.4 cm³/mol. The van der Waals surface area contributed by atoms with E-state index in [-0.39, 0.29) is 21.6 Å². The summed E-state index contributed by atoms with van der Waals surface area (Å²) in [5, 5.41) is 8.93. The summed E-state index contributed by atoms with van der Waals surface area (Å²) in [6.07, 6.45) is 0. The van der Waals surface area contributed by atoms with Gasteiger partial charge in [0.05, 0.1) is 5.56 Å². The van der Waals surface area contributed by atoms with E-state index in [1.165, 1.54) is 36.4 Å². The minimum Gasteiger partial charge on any atom is -0.478 e. The number of hydrogen-bond acceptors (Lipinski definition) is 4. The lowest BCUT2D eigenvalue weighted by Gasteiger charge is -2.19. The van der Waals surface area contributed by atoms with Crippen LogP contribution < -0.4 is 4.18 Å². The van der Waals surface area contributed by atoms with Crippen molar-refractivity contribution in [3.8, 4) is 5.75 Å². The molecular weight excluding hydrogens is 316 g/mol. The Hall–Kier alpha value is -2.34. The second-order valence-electron chi connectivity index (χ2n) is 6.14. The van der Waals surface area contributed by atoms with Gasteiger partial charge < -0.3 is 9.29 Å². The van der Waals surface area contributed by atoms with Crippen LogP contribution in [0.15, 0.2) is 53.4 Å². The van der Waals surface area contributed by atoms with Crippen molar-refractivity contribution in [1.29, 1.82) is 0 Å². The molecule has 2 aromatic carbocycles. The third-order valence-corrected chi connectivity index (χ3v) is 4.56. The molecule has 0 saturated heterocycles. The standard InChI is InChI=1S/C17H18O5S/c1-17(2,3)13-7-9-15(10-8-13)23(20,21)22-14-6-4-5-12(11-14)16(18)19/h4-11H,1-3H3,(H,18,19). The maximum absolute atomic E-state index is 12.3. The number of carbonyl (C=O) groups is 1. The van der Waals surface area contributed by atoms with E-state index in [9.17, 15) is 13.2 Å². The van der Waals surface area contributed by atoms with Crippen molar-refractivity contribution in [3.63, 3.8) is 0 Å². The van der Waals surface area contributed by atoms with Crippen LogP contribution in [-0.2, 0) is 15.5 Å². The van der Waals surface area contributed by atoms with E-state index in [2.05, 4.69) is 0 Å². The molecule has 0 amide bonds. The maximum Gasteiger partial charge on any atom is 0.339 e. The van der Waals surface area contributed by atoms with Crippen molar-refractivity contribution in [2.45, 2.75) is 31.1 Å². The van der Waals surface area contributed by atoms with Crippen molar-refractivity contribution >= 4 is 16.1 Å². The zero-order valence-corrected chi connectivity index (χ0v) is 13.9. The van der Waals surface area contributed by atoms with Gasteiger partial charge in [0.2, 0.25) is 0 Å². The zero-order chi connectivity index (χ0) is 17.3. The molecule has 0 spiro atoms. The van der Waals surface area contributed by atoms with Gasteiger partial charge in [-0.25, -0.2) is 4.79 Å². The maximum atomic E-state index is 12.3. The van der Waals surface area contributed by atoms with E-state index in [1.54, 1.807) is 12.1 Å². The van der Waals surface area contributed by atoms with Gasteiger partial charge in [-0.2, -0.15) is 8.42 Å². The fourth-order valence-corrected chi connectivity index (χ4v) is 2.90. The number of aromatic carboxylic acids is 1. The molecule has 0 radical (unpaired) electrons. The van der Waals surface area contributed by atoms with Gasteiger partial charge in [0, 0.05) is 0 Å². The largest absolute Gasteiger partial charge is 0.478 e. The topological polar surface area (TPSA) is 80.7 Å². The molecular formula is C17H18O5S. The van der Waals surface area contributed by atoms with Crippen LogP contribution in [0.2, 0.25) is 0 Å². The molecule has 23 heavy (non-hydrogen) atoms.